The first-order chi connectivity index (χ1) is 12.8. The second kappa shape index (κ2) is 7.66. The predicted octanol–water partition coefficient (Wildman–Crippen LogP) is 4.21. The maximum absolute atomic E-state index is 12.5. The number of aromatic nitrogens is 2. The third-order valence-electron chi connectivity index (χ3n) is 4.25. The van der Waals surface area contributed by atoms with Crippen LogP contribution in [0.2, 0.25) is 0 Å². The van der Waals surface area contributed by atoms with Gasteiger partial charge in [0.05, 0.1) is 10.6 Å². The topological polar surface area (TPSA) is 98.0 Å². The van der Waals surface area contributed by atoms with Gasteiger partial charge in [0.1, 0.15) is 10.6 Å². The van der Waals surface area contributed by atoms with Gasteiger partial charge < -0.3 is 11.1 Å². The van der Waals surface area contributed by atoms with Crippen LogP contribution in [-0.2, 0) is 4.79 Å². The number of amides is 1. The van der Waals surface area contributed by atoms with E-state index in [2.05, 4.69) is 15.3 Å². The number of thiophene rings is 1. The Bertz CT molecular complexity index is 1030. The van der Waals surface area contributed by atoms with Crippen molar-refractivity contribution in [1.29, 1.82) is 0 Å². The number of nitrogens with one attached hydrogen (secondary N) is 1. The molecular formula is C19H20N4O2S2. The zero-order valence-corrected chi connectivity index (χ0v) is 17.1. The van der Waals surface area contributed by atoms with Gasteiger partial charge in [0.15, 0.2) is 10.9 Å². The Morgan fingerprint density at radius 3 is 2.48 bits per heavy atom. The lowest BCUT2D eigenvalue weighted by molar-refractivity contribution is -0.115. The van der Waals surface area contributed by atoms with E-state index in [1.165, 1.54) is 18.7 Å². The number of carbonyl (C=O) groups is 2. The van der Waals surface area contributed by atoms with Gasteiger partial charge in [0.25, 0.3) is 0 Å². The van der Waals surface area contributed by atoms with Crippen molar-refractivity contribution in [2.24, 2.45) is 0 Å². The molecule has 3 aromatic rings. The van der Waals surface area contributed by atoms with E-state index < -0.39 is 5.25 Å². The summed E-state index contributed by atoms with van der Waals surface area (Å²) in [5, 5.41) is 3.81. The Balaban J connectivity index is 1.72. The lowest BCUT2D eigenvalue weighted by Crippen LogP contribution is -2.22. The summed E-state index contributed by atoms with van der Waals surface area (Å²) < 4.78 is 0. The predicted molar refractivity (Wildman–Crippen MR) is 112 cm³/mol. The number of Topliss-reactive ketones (excluding diaryl/α,β-unsaturated/α-hetero) is 1. The van der Waals surface area contributed by atoms with Crippen molar-refractivity contribution < 1.29 is 9.59 Å². The van der Waals surface area contributed by atoms with Gasteiger partial charge in [0, 0.05) is 16.1 Å². The Morgan fingerprint density at radius 2 is 1.85 bits per heavy atom. The van der Waals surface area contributed by atoms with Crippen LogP contribution in [0, 0.1) is 13.8 Å². The number of fused-ring (bicyclic) bond motifs is 1. The molecule has 140 valence electrons. The summed E-state index contributed by atoms with van der Waals surface area (Å²) >= 11 is 2.84. The molecule has 0 radical (unpaired) electrons. The normalized spacial score (nSPS) is 12.1. The SMILES string of the molecule is CC(=O)c1ccc(NC(=O)[C@H](C)Sc2nc(N)c3c(C)c(C)sc3n2)cc1. The van der Waals surface area contributed by atoms with Crippen molar-refractivity contribution in [3.63, 3.8) is 0 Å². The third-order valence-corrected chi connectivity index (χ3v) is 6.31. The number of nitrogen functional groups attached to an aromatic ring is 1. The van der Waals surface area contributed by atoms with Crippen molar-refractivity contribution in [3.05, 3.63) is 40.3 Å². The van der Waals surface area contributed by atoms with Crippen molar-refractivity contribution in [2.75, 3.05) is 11.1 Å². The van der Waals surface area contributed by atoms with E-state index in [1.54, 1.807) is 42.5 Å². The smallest absolute Gasteiger partial charge is 0.237 e. The molecule has 3 N–H and O–H groups in total. The average molecular weight is 401 g/mol. The van der Waals surface area contributed by atoms with Crippen LogP contribution >= 0.6 is 23.1 Å². The molecule has 0 fully saturated rings. The second-order valence-electron chi connectivity index (χ2n) is 6.24. The summed E-state index contributed by atoms with van der Waals surface area (Å²) in [5.74, 6) is 0.258. The van der Waals surface area contributed by atoms with E-state index in [9.17, 15) is 9.59 Å². The molecule has 1 amide bonds. The number of ketones is 1. The van der Waals surface area contributed by atoms with Crippen molar-refractivity contribution >= 4 is 56.5 Å². The fourth-order valence-corrected chi connectivity index (χ4v) is 4.43. The van der Waals surface area contributed by atoms with Gasteiger partial charge in [-0.15, -0.1) is 11.3 Å². The number of hydrogen-bond donors (Lipinski definition) is 2. The number of hydrogen-bond acceptors (Lipinski definition) is 7. The summed E-state index contributed by atoms with van der Waals surface area (Å²) in [4.78, 5) is 34.7. The molecule has 0 bridgehead atoms. The fraction of sp³-hybridized carbons (Fsp3) is 0.263. The van der Waals surface area contributed by atoms with Crippen LogP contribution in [0.1, 0.15) is 34.6 Å². The molecule has 0 aliphatic carbocycles. The molecule has 0 unspecified atom stereocenters. The summed E-state index contributed by atoms with van der Waals surface area (Å²) in [6.45, 7) is 7.33. The molecule has 1 aromatic carbocycles. The molecule has 6 nitrogen and oxygen atoms in total. The first-order valence-electron chi connectivity index (χ1n) is 8.38. The summed E-state index contributed by atoms with van der Waals surface area (Å²) in [6, 6.07) is 6.80. The number of nitrogens with two attached hydrogens (primary N) is 1. The number of carbonyl (C=O) groups excluding carboxylic acids is 2. The van der Waals surface area contributed by atoms with Crippen LogP contribution in [-0.4, -0.2) is 26.9 Å². The minimum Gasteiger partial charge on any atom is -0.383 e. The largest absolute Gasteiger partial charge is 0.383 e. The summed E-state index contributed by atoms with van der Waals surface area (Å²) in [5.41, 5.74) is 8.44. The Kier molecular flexibility index (Phi) is 5.48. The first kappa shape index (κ1) is 19.3. The monoisotopic (exact) mass is 400 g/mol. The van der Waals surface area contributed by atoms with Crippen molar-refractivity contribution in [2.45, 2.75) is 38.1 Å². The minimum absolute atomic E-state index is 0.0130. The van der Waals surface area contributed by atoms with Crippen LogP contribution in [0.15, 0.2) is 29.4 Å². The standard InChI is InChI=1S/C19H20N4O2S2/c1-9-11(3)26-18-15(9)16(20)22-19(23-18)27-12(4)17(25)21-14-7-5-13(6-8-14)10(2)24/h5-8,12H,1-4H3,(H,21,25)(H2,20,22,23)/t12-/m0/s1. The number of thioether (sulfide) groups is 1. The van der Waals surface area contributed by atoms with E-state index in [-0.39, 0.29) is 11.7 Å². The molecule has 2 heterocycles. The molecular weight excluding hydrogens is 380 g/mol. The molecule has 27 heavy (non-hydrogen) atoms. The molecule has 0 saturated heterocycles. The van der Waals surface area contributed by atoms with Gasteiger partial charge in [-0.1, -0.05) is 11.8 Å². The zero-order valence-electron chi connectivity index (χ0n) is 15.5. The third kappa shape index (κ3) is 4.12. The van der Waals surface area contributed by atoms with E-state index in [1.807, 2.05) is 13.8 Å². The lowest BCUT2D eigenvalue weighted by atomic mass is 10.1. The quantitative estimate of drug-likeness (QED) is 0.378. The van der Waals surface area contributed by atoms with E-state index in [0.717, 1.165) is 20.7 Å². The van der Waals surface area contributed by atoms with Crippen molar-refractivity contribution in [3.8, 4) is 0 Å². The number of benzene rings is 1. The molecule has 2 aromatic heterocycles. The van der Waals surface area contributed by atoms with Crippen molar-refractivity contribution in [1.82, 2.24) is 9.97 Å². The number of nitrogens with zero attached hydrogens (tertiary/aromatic N) is 2. The van der Waals surface area contributed by atoms with Crippen LogP contribution < -0.4 is 11.1 Å². The fourth-order valence-electron chi connectivity index (χ4n) is 2.56. The Hall–Kier alpha value is -2.45. The Morgan fingerprint density at radius 1 is 1.19 bits per heavy atom. The highest BCUT2D eigenvalue weighted by molar-refractivity contribution is 8.00. The van der Waals surface area contributed by atoms with Gasteiger partial charge in [-0.2, -0.15) is 0 Å². The molecule has 0 aliphatic rings. The van der Waals surface area contributed by atoms with Crippen LogP contribution in [0.25, 0.3) is 10.2 Å². The van der Waals surface area contributed by atoms with Crippen LogP contribution in [0.4, 0.5) is 11.5 Å². The molecule has 3 rings (SSSR count). The summed E-state index contributed by atoms with van der Waals surface area (Å²) in [6.07, 6.45) is 0. The number of aryl methyl sites for hydroxylation is 2. The molecule has 1 atom stereocenters. The van der Waals surface area contributed by atoms with E-state index >= 15 is 0 Å². The number of anilines is 2. The average Bonchev–Trinajstić information content (AvgIpc) is 2.89. The number of rotatable bonds is 5. The van der Waals surface area contributed by atoms with E-state index in [0.29, 0.717) is 22.2 Å². The molecule has 0 saturated carbocycles. The highest BCUT2D eigenvalue weighted by Crippen LogP contribution is 2.34. The molecule has 0 aliphatic heterocycles. The Labute approximate surface area is 165 Å². The van der Waals surface area contributed by atoms with Gasteiger partial charge in [0.2, 0.25) is 5.91 Å². The first-order valence-corrected chi connectivity index (χ1v) is 10.1. The van der Waals surface area contributed by atoms with E-state index in [4.69, 9.17) is 5.73 Å². The lowest BCUT2D eigenvalue weighted by Gasteiger charge is -2.12. The highest BCUT2D eigenvalue weighted by Gasteiger charge is 2.19. The van der Waals surface area contributed by atoms with Crippen LogP contribution in [0.5, 0.6) is 0 Å². The highest BCUT2D eigenvalue weighted by atomic mass is 32.2. The molecule has 0 spiro atoms. The zero-order chi connectivity index (χ0) is 19.7. The maximum atomic E-state index is 12.5. The van der Waals surface area contributed by atoms with Gasteiger partial charge in [-0.3, -0.25) is 9.59 Å². The van der Waals surface area contributed by atoms with Crippen LogP contribution in [0.3, 0.4) is 0 Å². The second-order valence-corrected chi connectivity index (χ2v) is 8.75. The van der Waals surface area contributed by atoms with Gasteiger partial charge in [-0.05, 0) is 57.5 Å². The van der Waals surface area contributed by atoms with Gasteiger partial charge >= 0.3 is 0 Å². The minimum atomic E-state index is -0.406. The summed E-state index contributed by atoms with van der Waals surface area (Å²) in [7, 11) is 0. The maximum Gasteiger partial charge on any atom is 0.237 e. The molecule has 8 heteroatoms. The van der Waals surface area contributed by atoms with Gasteiger partial charge in [-0.25, -0.2) is 9.97 Å².